The molecule has 1 saturated heterocycles. The zero-order valence-electron chi connectivity index (χ0n) is 12.9. The molecule has 0 saturated carbocycles. The summed E-state index contributed by atoms with van der Waals surface area (Å²) in [6.45, 7) is 3.11. The van der Waals surface area contributed by atoms with Gasteiger partial charge in [0.05, 0.1) is 6.33 Å². The molecule has 6 nitrogen and oxygen atoms in total. The van der Waals surface area contributed by atoms with Crippen LogP contribution in [-0.2, 0) is 23.6 Å². The maximum atomic E-state index is 12.6. The van der Waals surface area contributed by atoms with Crippen molar-refractivity contribution in [1.82, 2.24) is 18.8 Å². The third-order valence-corrected chi connectivity index (χ3v) is 6.39. The van der Waals surface area contributed by atoms with Gasteiger partial charge in [0.2, 0.25) is 5.03 Å². The summed E-state index contributed by atoms with van der Waals surface area (Å²) < 4.78 is 28.2. The number of hydrogen-bond acceptors (Lipinski definition) is 4. The van der Waals surface area contributed by atoms with Crippen LogP contribution in [0.15, 0.2) is 41.7 Å². The highest BCUT2D eigenvalue weighted by Crippen LogP contribution is 2.23. The van der Waals surface area contributed by atoms with Crippen LogP contribution >= 0.6 is 11.6 Å². The van der Waals surface area contributed by atoms with Crippen molar-refractivity contribution in [3.05, 3.63) is 47.4 Å². The van der Waals surface area contributed by atoms with Crippen LogP contribution in [0.2, 0.25) is 5.15 Å². The smallest absolute Gasteiger partial charge is 0.263 e. The van der Waals surface area contributed by atoms with Gasteiger partial charge in [-0.05, 0) is 5.56 Å². The largest absolute Gasteiger partial charge is 0.324 e. The second kappa shape index (κ2) is 6.60. The Labute approximate surface area is 141 Å². The third kappa shape index (κ3) is 3.42. The van der Waals surface area contributed by atoms with Crippen molar-refractivity contribution in [3.8, 4) is 0 Å². The highest BCUT2D eigenvalue weighted by molar-refractivity contribution is 7.89. The number of hydrogen-bond donors (Lipinski definition) is 0. The molecule has 1 fully saturated rings. The van der Waals surface area contributed by atoms with Crippen LogP contribution in [0.5, 0.6) is 0 Å². The molecule has 0 radical (unpaired) electrons. The number of benzene rings is 1. The maximum Gasteiger partial charge on any atom is 0.263 e. The van der Waals surface area contributed by atoms with Crippen LogP contribution in [0.25, 0.3) is 0 Å². The summed E-state index contributed by atoms with van der Waals surface area (Å²) in [6.07, 6.45) is 1.42. The Kier molecular flexibility index (Phi) is 4.72. The van der Waals surface area contributed by atoms with Gasteiger partial charge in [0.1, 0.15) is 5.15 Å². The van der Waals surface area contributed by atoms with Gasteiger partial charge in [-0.1, -0.05) is 41.9 Å². The van der Waals surface area contributed by atoms with Crippen molar-refractivity contribution >= 4 is 21.6 Å². The molecule has 0 unspecified atom stereocenters. The van der Waals surface area contributed by atoms with E-state index in [0.29, 0.717) is 26.2 Å². The van der Waals surface area contributed by atoms with Gasteiger partial charge in [0.15, 0.2) is 0 Å². The Balaban J connectivity index is 1.65. The fourth-order valence-electron chi connectivity index (χ4n) is 2.66. The molecule has 0 atom stereocenters. The molecule has 1 aliphatic rings. The highest BCUT2D eigenvalue weighted by Gasteiger charge is 2.32. The standard InChI is InChI=1S/C15H19ClN4O2S/c1-18-12-17-15(14(18)16)23(21,22)20-9-7-19(8-10-20)11-13-5-3-2-4-6-13/h2-6,12H,7-11H2,1H3. The van der Waals surface area contributed by atoms with Crippen molar-refractivity contribution in [1.29, 1.82) is 0 Å². The first-order valence-corrected chi connectivity index (χ1v) is 9.23. The summed E-state index contributed by atoms with van der Waals surface area (Å²) >= 11 is 6.03. The summed E-state index contributed by atoms with van der Waals surface area (Å²) in [4.78, 5) is 6.19. The molecule has 0 spiro atoms. The van der Waals surface area contributed by atoms with E-state index in [1.165, 1.54) is 20.8 Å². The second-order valence-corrected chi connectivity index (χ2v) is 7.83. The molecule has 23 heavy (non-hydrogen) atoms. The van der Waals surface area contributed by atoms with Crippen molar-refractivity contribution < 1.29 is 8.42 Å². The minimum absolute atomic E-state index is 0.0572. The molecule has 1 aromatic heterocycles. The number of rotatable bonds is 4. The number of imidazole rings is 1. The molecule has 8 heteroatoms. The number of aromatic nitrogens is 2. The first kappa shape index (κ1) is 16.4. The van der Waals surface area contributed by atoms with Crippen LogP contribution in [0.4, 0.5) is 0 Å². The summed E-state index contributed by atoms with van der Waals surface area (Å²) in [5.74, 6) is 0. The van der Waals surface area contributed by atoms with Gasteiger partial charge < -0.3 is 4.57 Å². The normalized spacial score (nSPS) is 17.5. The molecule has 2 heterocycles. The first-order valence-electron chi connectivity index (χ1n) is 7.42. The molecule has 0 aliphatic carbocycles. The minimum Gasteiger partial charge on any atom is -0.324 e. The predicted octanol–water partition coefficient (Wildman–Crippen LogP) is 1.58. The average Bonchev–Trinajstić information content (AvgIpc) is 2.89. The summed E-state index contributed by atoms with van der Waals surface area (Å²) in [5, 5.41) is 0.0925. The van der Waals surface area contributed by atoms with E-state index in [1.54, 1.807) is 7.05 Å². The van der Waals surface area contributed by atoms with Crippen LogP contribution in [-0.4, -0.2) is 53.4 Å². The van der Waals surface area contributed by atoms with E-state index in [4.69, 9.17) is 11.6 Å². The molecule has 0 amide bonds. The second-order valence-electron chi connectivity index (χ2n) is 5.62. The monoisotopic (exact) mass is 354 g/mol. The maximum absolute atomic E-state index is 12.6. The predicted molar refractivity (Wildman–Crippen MR) is 88.7 cm³/mol. The van der Waals surface area contributed by atoms with Gasteiger partial charge in [0, 0.05) is 39.8 Å². The zero-order valence-corrected chi connectivity index (χ0v) is 14.5. The molecule has 3 rings (SSSR count). The number of nitrogens with zero attached hydrogens (tertiary/aromatic N) is 4. The first-order chi connectivity index (χ1) is 11.0. The van der Waals surface area contributed by atoms with Crippen LogP contribution in [0, 0.1) is 0 Å². The fourth-order valence-corrected chi connectivity index (χ4v) is 4.47. The number of sulfonamides is 1. The van der Waals surface area contributed by atoms with Gasteiger partial charge in [0.25, 0.3) is 10.0 Å². The Bertz CT molecular complexity index is 768. The molecule has 2 aromatic rings. The topological polar surface area (TPSA) is 58.4 Å². The summed E-state index contributed by atoms with van der Waals surface area (Å²) in [5.41, 5.74) is 1.23. The average molecular weight is 355 g/mol. The van der Waals surface area contributed by atoms with Crippen LogP contribution < -0.4 is 0 Å². The van der Waals surface area contributed by atoms with Gasteiger partial charge in [-0.25, -0.2) is 13.4 Å². The van der Waals surface area contributed by atoms with E-state index >= 15 is 0 Å². The molecule has 1 aromatic carbocycles. The fraction of sp³-hybridized carbons (Fsp3) is 0.400. The number of aryl methyl sites for hydroxylation is 1. The van der Waals surface area contributed by atoms with Crippen molar-refractivity contribution in [2.75, 3.05) is 26.2 Å². The van der Waals surface area contributed by atoms with Crippen molar-refractivity contribution in [2.45, 2.75) is 11.6 Å². The summed E-state index contributed by atoms with van der Waals surface area (Å²) in [7, 11) is -1.95. The number of piperazine rings is 1. The third-order valence-electron chi connectivity index (χ3n) is 4.00. The van der Waals surface area contributed by atoms with E-state index in [0.717, 1.165) is 6.54 Å². The van der Waals surface area contributed by atoms with Gasteiger partial charge >= 0.3 is 0 Å². The molecule has 0 bridgehead atoms. The molecule has 0 N–H and O–H groups in total. The van der Waals surface area contributed by atoms with Crippen LogP contribution in [0.1, 0.15) is 5.56 Å². The minimum atomic E-state index is -3.63. The van der Waals surface area contributed by atoms with Crippen molar-refractivity contribution in [3.63, 3.8) is 0 Å². The highest BCUT2D eigenvalue weighted by atomic mass is 35.5. The van der Waals surface area contributed by atoms with E-state index in [9.17, 15) is 8.42 Å². The van der Waals surface area contributed by atoms with E-state index in [-0.39, 0.29) is 10.2 Å². The Morgan fingerprint density at radius 2 is 1.78 bits per heavy atom. The molecule has 124 valence electrons. The summed E-state index contributed by atoms with van der Waals surface area (Å²) in [6, 6.07) is 10.2. The van der Waals surface area contributed by atoms with Gasteiger partial charge in [-0.2, -0.15) is 4.31 Å². The zero-order chi connectivity index (χ0) is 16.4. The van der Waals surface area contributed by atoms with E-state index in [2.05, 4.69) is 22.0 Å². The quantitative estimate of drug-likeness (QED) is 0.836. The van der Waals surface area contributed by atoms with Crippen LogP contribution in [0.3, 0.4) is 0 Å². The Hall–Kier alpha value is -1.41. The van der Waals surface area contributed by atoms with Gasteiger partial charge in [-0.15, -0.1) is 0 Å². The molecular weight excluding hydrogens is 336 g/mol. The van der Waals surface area contributed by atoms with E-state index < -0.39 is 10.0 Å². The molecular formula is C15H19ClN4O2S. The van der Waals surface area contributed by atoms with Crippen molar-refractivity contribution in [2.24, 2.45) is 7.05 Å². The Morgan fingerprint density at radius 3 is 2.35 bits per heavy atom. The lowest BCUT2D eigenvalue weighted by molar-refractivity contribution is 0.181. The van der Waals surface area contributed by atoms with Gasteiger partial charge in [-0.3, -0.25) is 4.90 Å². The number of halogens is 1. The lowest BCUT2D eigenvalue weighted by atomic mass is 10.2. The van der Waals surface area contributed by atoms with E-state index in [1.807, 2.05) is 18.2 Å². The SMILES string of the molecule is Cn1cnc(S(=O)(=O)N2CCN(Cc3ccccc3)CC2)c1Cl. The Morgan fingerprint density at radius 1 is 1.13 bits per heavy atom. The lowest BCUT2D eigenvalue weighted by Crippen LogP contribution is -2.48. The lowest BCUT2D eigenvalue weighted by Gasteiger charge is -2.33. The molecule has 1 aliphatic heterocycles.